The predicted molar refractivity (Wildman–Crippen MR) is 136 cm³/mol. The van der Waals surface area contributed by atoms with Crippen LogP contribution in [-0.4, -0.2) is 21.3 Å². The van der Waals surface area contributed by atoms with Gasteiger partial charge in [-0.15, -0.1) is 0 Å². The first-order valence-corrected chi connectivity index (χ1v) is 13.1. The third kappa shape index (κ3) is 5.08. The van der Waals surface area contributed by atoms with Crippen LogP contribution in [0.5, 0.6) is 5.75 Å². The Kier molecular flexibility index (Phi) is 7.08. The fraction of sp³-hybridized carbons (Fsp3) is 0.185. The highest BCUT2D eigenvalue weighted by atomic mass is 32.2. The van der Waals surface area contributed by atoms with Crippen molar-refractivity contribution in [2.75, 3.05) is 12.9 Å². The minimum atomic E-state index is -1.63. The molecule has 4 nitrogen and oxygen atoms in total. The van der Waals surface area contributed by atoms with Crippen molar-refractivity contribution in [1.82, 2.24) is 4.72 Å². The highest BCUT2D eigenvalue weighted by Gasteiger charge is 2.33. The Balaban J connectivity index is 1.74. The maximum atomic E-state index is 13.8. The van der Waals surface area contributed by atoms with Crippen molar-refractivity contribution in [1.29, 1.82) is 0 Å². The predicted octanol–water partition coefficient (Wildman–Crippen LogP) is 5.49. The van der Waals surface area contributed by atoms with Crippen molar-refractivity contribution in [3.05, 3.63) is 102 Å². The Bertz CT molecular complexity index is 1310. The molecule has 0 aromatic heterocycles. The van der Waals surface area contributed by atoms with Crippen LogP contribution in [0.2, 0.25) is 0 Å². The van der Waals surface area contributed by atoms with Gasteiger partial charge in [-0.25, -0.2) is 8.93 Å². The van der Waals surface area contributed by atoms with Gasteiger partial charge in [0.1, 0.15) is 21.6 Å². The number of ether oxygens (including phenoxy) is 1. The third-order valence-corrected chi connectivity index (χ3v) is 8.75. The second-order valence-electron chi connectivity index (χ2n) is 8.19. The quantitative estimate of drug-likeness (QED) is 0.365. The molecule has 0 fully saturated rings. The van der Waals surface area contributed by atoms with Crippen LogP contribution < -0.4 is 9.46 Å². The summed E-state index contributed by atoms with van der Waals surface area (Å²) < 4.78 is 36.0. The molecule has 0 aliphatic carbocycles. The van der Waals surface area contributed by atoms with Crippen LogP contribution in [0.25, 0.3) is 10.8 Å². The first-order chi connectivity index (χ1) is 15.9. The molecule has 4 aromatic carbocycles. The number of hydrogen-bond donors (Lipinski definition) is 1. The summed E-state index contributed by atoms with van der Waals surface area (Å²) in [5, 5.41) is 1.84. The molecule has 0 unspecified atom stereocenters. The van der Waals surface area contributed by atoms with Crippen molar-refractivity contribution >= 4 is 32.6 Å². The van der Waals surface area contributed by atoms with E-state index in [0.29, 0.717) is 10.6 Å². The van der Waals surface area contributed by atoms with Gasteiger partial charge < -0.3 is 4.74 Å². The third-order valence-electron chi connectivity index (χ3n) is 5.68. The van der Waals surface area contributed by atoms with Gasteiger partial charge in [-0.1, -0.05) is 78.4 Å². The summed E-state index contributed by atoms with van der Waals surface area (Å²) in [6.45, 7) is 3.95. The van der Waals surface area contributed by atoms with Gasteiger partial charge in [0.25, 0.3) is 0 Å². The number of benzene rings is 4. The summed E-state index contributed by atoms with van der Waals surface area (Å²) in [7, 11) is -1.35. The maximum Gasteiger partial charge on any atom is 0.137 e. The lowest BCUT2D eigenvalue weighted by Crippen LogP contribution is -2.45. The Morgan fingerprint density at radius 3 is 2.21 bits per heavy atom. The van der Waals surface area contributed by atoms with Crippen molar-refractivity contribution in [3.8, 4) is 5.75 Å². The first kappa shape index (κ1) is 23.4. The fourth-order valence-corrected chi connectivity index (χ4v) is 6.73. The minimum Gasteiger partial charge on any atom is -0.495 e. The SMILES string of the molecule is COc1ccc2ccccc2c1[S@@](=O)N[C@](C)(C[S@](=O)c1ccc(C)cc1)c1ccccc1. The number of methoxy groups -OCH3 is 1. The maximum absolute atomic E-state index is 13.8. The molecule has 0 heterocycles. The average molecular weight is 478 g/mol. The Morgan fingerprint density at radius 2 is 1.52 bits per heavy atom. The van der Waals surface area contributed by atoms with E-state index in [2.05, 4.69) is 4.72 Å². The van der Waals surface area contributed by atoms with E-state index in [1.807, 2.05) is 105 Å². The topological polar surface area (TPSA) is 55.4 Å². The molecule has 1 N–H and O–H groups in total. The standard InChI is InChI=1S/C27H27NO3S2/c1-20-13-16-23(17-14-20)32(29)19-27(2,22-10-5-4-6-11-22)28-33(30)26-24-12-8-7-9-21(24)15-18-25(26)31-3/h4-18,28H,19H2,1-3H3/t27-,32+,33-/m1/s1. The molecule has 0 amide bonds. The molecule has 3 atom stereocenters. The number of nitrogens with one attached hydrogen (secondary N) is 1. The van der Waals surface area contributed by atoms with E-state index in [0.717, 1.165) is 26.8 Å². The van der Waals surface area contributed by atoms with Crippen LogP contribution in [0.15, 0.2) is 101 Å². The Hall–Kier alpha value is -2.80. The van der Waals surface area contributed by atoms with E-state index in [1.54, 1.807) is 7.11 Å². The molecule has 0 saturated carbocycles. The summed E-state index contributed by atoms with van der Waals surface area (Å²) in [6, 6.07) is 29.0. The zero-order chi connectivity index (χ0) is 23.4. The molecule has 0 saturated heterocycles. The molecule has 6 heteroatoms. The molecule has 33 heavy (non-hydrogen) atoms. The van der Waals surface area contributed by atoms with Crippen molar-refractivity contribution in [3.63, 3.8) is 0 Å². The minimum absolute atomic E-state index is 0.263. The molecule has 0 spiro atoms. The molecule has 170 valence electrons. The zero-order valence-corrected chi connectivity index (χ0v) is 20.5. The molecule has 0 aliphatic heterocycles. The van der Waals surface area contributed by atoms with E-state index in [-0.39, 0.29) is 5.75 Å². The van der Waals surface area contributed by atoms with Crippen LogP contribution >= 0.6 is 0 Å². The van der Waals surface area contributed by atoms with Gasteiger partial charge >= 0.3 is 0 Å². The fourth-order valence-electron chi connectivity index (χ4n) is 3.84. The number of rotatable bonds is 8. The van der Waals surface area contributed by atoms with Crippen molar-refractivity contribution < 1.29 is 13.2 Å². The highest BCUT2D eigenvalue weighted by molar-refractivity contribution is 7.85. The Morgan fingerprint density at radius 1 is 0.848 bits per heavy atom. The van der Waals surface area contributed by atoms with Gasteiger partial charge in [0, 0.05) is 10.3 Å². The number of fused-ring (bicyclic) bond motifs is 1. The second-order valence-corrected chi connectivity index (χ2v) is 10.8. The monoisotopic (exact) mass is 477 g/mol. The number of hydrogen-bond acceptors (Lipinski definition) is 3. The summed E-state index contributed by atoms with van der Waals surface area (Å²) in [5.41, 5.74) is 1.21. The van der Waals surface area contributed by atoms with E-state index in [4.69, 9.17) is 4.74 Å². The van der Waals surface area contributed by atoms with Gasteiger partial charge in [0.2, 0.25) is 0 Å². The molecule has 4 rings (SSSR count). The molecular formula is C27H27NO3S2. The van der Waals surface area contributed by atoms with E-state index in [9.17, 15) is 8.42 Å². The van der Waals surface area contributed by atoms with E-state index < -0.39 is 27.3 Å². The lowest BCUT2D eigenvalue weighted by molar-refractivity contribution is 0.404. The van der Waals surface area contributed by atoms with Gasteiger partial charge in [-0.2, -0.15) is 0 Å². The molecule has 0 radical (unpaired) electrons. The highest BCUT2D eigenvalue weighted by Crippen LogP contribution is 2.33. The lowest BCUT2D eigenvalue weighted by atomic mass is 9.96. The largest absolute Gasteiger partial charge is 0.495 e. The lowest BCUT2D eigenvalue weighted by Gasteiger charge is -2.31. The zero-order valence-electron chi connectivity index (χ0n) is 18.9. The first-order valence-electron chi connectivity index (χ1n) is 10.7. The summed E-state index contributed by atoms with van der Waals surface area (Å²) in [4.78, 5) is 1.33. The van der Waals surface area contributed by atoms with E-state index >= 15 is 0 Å². The van der Waals surface area contributed by atoms with Gasteiger partial charge in [0.15, 0.2) is 0 Å². The van der Waals surface area contributed by atoms with Gasteiger partial charge in [0.05, 0.1) is 29.2 Å². The second kappa shape index (κ2) is 10.00. The van der Waals surface area contributed by atoms with Crippen LogP contribution in [0.3, 0.4) is 0 Å². The average Bonchev–Trinajstić information content (AvgIpc) is 2.84. The van der Waals surface area contributed by atoms with Crippen LogP contribution in [-0.2, 0) is 27.3 Å². The van der Waals surface area contributed by atoms with Crippen molar-refractivity contribution in [2.24, 2.45) is 0 Å². The van der Waals surface area contributed by atoms with E-state index in [1.165, 1.54) is 0 Å². The van der Waals surface area contributed by atoms with Gasteiger partial charge in [-0.3, -0.25) is 4.21 Å². The summed E-state index contributed by atoms with van der Waals surface area (Å²) >= 11 is 0. The van der Waals surface area contributed by atoms with Crippen LogP contribution in [0, 0.1) is 6.92 Å². The summed E-state index contributed by atoms with van der Waals surface area (Å²) in [5.74, 6) is 0.813. The normalized spacial score (nSPS) is 15.0. The Labute approximate surface area is 200 Å². The number of aryl methyl sites for hydroxylation is 1. The summed E-state index contributed by atoms with van der Waals surface area (Å²) in [6.07, 6.45) is 0. The van der Waals surface area contributed by atoms with Gasteiger partial charge in [-0.05, 0) is 43.0 Å². The smallest absolute Gasteiger partial charge is 0.137 e. The van der Waals surface area contributed by atoms with Crippen LogP contribution in [0.1, 0.15) is 18.1 Å². The molecule has 0 bridgehead atoms. The molecular weight excluding hydrogens is 450 g/mol. The van der Waals surface area contributed by atoms with Crippen molar-refractivity contribution in [2.45, 2.75) is 29.2 Å². The molecule has 4 aromatic rings. The van der Waals surface area contributed by atoms with Crippen LogP contribution in [0.4, 0.5) is 0 Å². The molecule has 0 aliphatic rings.